The Kier molecular flexibility index (Phi) is 4.98. The lowest BCUT2D eigenvalue weighted by atomic mass is 10.0. The van der Waals surface area contributed by atoms with Crippen molar-refractivity contribution < 1.29 is 4.79 Å². The fourth-order valence-electron chi connectivity index (χ4n) is 2.36. The minimum Gasteiger partial charge on any atom is -0.349 e. The quantitative estimate of drug-likeness (QED) is 0.904. The second kappa shape index (κ2) is 6.74. The van der Waals surface area contributed by atoms with Crippen molar-refractivity contribution in [3.8, 4) is 5.69 Å². The number of hydrogen-bond donors (Lipinski definition) is 2. The van der Waals surface area contributed by atoms with Crippen molar-refractivity contribution in [1.29, 1.82) is 0 Å². The standard InChI is InChI=1S/C15H18N4O.ClH/c1-11(18-15(20)12-9-16-10-12)13-5-2-3-6-14(13)19-8-4-7-17-19;/h2-8,11-12,16H,9-10H2,1H3,(H,18,20);1H. The van der Waals surface area contributed by atoms with E-state index < -0.39 is 0 Å². The molecule has 2 heterocycles. The molecule has 2 aromatic rings. The maximum atomic E-state index is 12.0. The summed E-state index contributed by atoms with van der Waals surface area (Å²) in [6, 6.07) is 9.85. The number of benzene rings is 1. The Morgan fingerprint density at radius 3 is 2.76 bits per heavy atom. The lowest BCUT2D eigenvalue weighted by Crippen LogP contribution is -2.51. The van der Waals surface area contributed by atoms with Crippen molar-refractivity contribution in [3.05, 3.63) is 48.3 Å². The predicted octanol–water partition coefficient (Wildman–Crippen LogP) is 1.69. The van der Waals surface area contributed by atoms with Gasteiger partial charge in [-0.25, -0.2) is 4.68 Å². The molecule has 6 heteroatoms. The molecule has 112 valence electrons. The molecule has 1 unspecified atom stereocenters. The summed E-state index contributed by atoms with van der Waals surface area (Å²) in [6.45, 7) is 3.56. The number of rotatable bonds is 4. The van der Waals surface area contributed by atoms with Crippen molar-refractivity contribution in [2.24, 2.45) is 5.92 Å². The van der Waals surface area contributed by atoms with Gasteiger partial charge in [0.2, 0.25) is 5.91 Å². The second-order valence-corrected chi connectivity index (χ2v) is 5.09. The van der Waals surface area contributed by atoms with Crippen LogP contribution in [0.4, 0.5) is 0 Å². The van der Waals surface area contributed by atoms with Crippen LogP contribution in [0.5, 0.6) is 0 Å². The summed E-state index contributed by atoms with van der Waals surface area (Å²) in [5, 5.41) is 10.5. The molecule has 1 aromatic carbocycles. The molecule has 1 amide bonds. The number of nitrogens with zero attached hydrogens (tertiary/aromatic N) is 2. The van der Waals surface area contributed by atoms with Gasteiger partial charge < -0.3 is 10.6 Å². The van der Waals surface area contributed by atoms with Crippen LogP contribution in [0.15, 0.2) is 42.7 Å². The van der Waals surface area contributed by atoms with Crippen LogP contribution in [0.3, 0.4) is 0 Å². The van der Waals surface area contributed by atoms with Crippen LogP contribution in [-0.4, -0.2) is 28.8 Å². The first-order valence-corrected chi connectivity index (χ1v) is 6.86. The lowest BCUT2D eigenvalue weighted by molar-refractivity contribution is -0.127. The lowest BCUT2D eigenvalue weighted by Gasteiger charge is -2.28. The number of para-hydroxylation sites is 1. The molecule has 0 spiro atoms. The smallest absolute Gasteiger partial charge is 0.226 e. The first kappa shape index (κ1) is 15.5. The van der Waals surface area contributed by atoms with Gasteiger partial charge in [-0.3, -0.25) is 4.79 Å². The minimum atomic E-state index is -0.0384. The predicted molar refractivity (Wildman–Crippen MR) is 83.7 cm³/mol. The van der Waals surface area contributed by atoms with Crippen molar-refractivity contribution in [2.45, 2.75) is 13.0 Å². The first-order chi connectivity index (χ1) is 9.75. The van der Waals surface area contributed by atoms with Crippen LogP contribution < -0.4 is 10.6 Å². The van der Waals surface area contributed by atoms with Gasteiger partial charge in [-0.2, -0.15) is 5.10 Å². The zero-order chi connectivity index (χ0) is 13.9. The summed E-state index contributed by atoms with van der Waals surface area (Å²) >= 11 is 0. The summed E-state index contributed by atoms with van der Waals surface area (Å²) < 4.78 is 1.82. The Hall–Kier alpha value is -1.85. The van der Waals surface area contributed by atoms with Crippen LogP contribution in [0.1, 0.15) is 18.5 Å². The molecule has 1 aliphatic heterocycles. The number of halogens is 1. The second-order valence-electron chi connectivity index (χ2n) is 5.09. The minimum absolute atomic E-state index is 0. The Labute approximate surface area is 130 Å². The van der Waals surface area contributed by atoms with E-state index in [0.717, 1.165) is 24.3 Å². The third kappa shape index (κ3) is 3.25. The van der Waals surface area contributed by atoms with Crippen molar-refractivity contribution in [2.75, 3.05) is 13.1 Å². The average Bonchev–Trinajstić information content (AvgIpc) is 2.90. The van der Waals surface area contributed by atoms with Gasteiger partial charge in [0.25, 0.3) is 0 Å². The van der Waals surface area contributed by atoms with Crippen LogP contribution in [0.2, 0.25) is 0 Å². The van der Waals surface area contributed by atoms with Crippen LogP contribution >= 0.6 is 12.4 Å². The summed E-state index contributed by atoms with van der Waals surface area (Å²) in [5.74, 6) is 0.223. The first-order valence-electron chi connectivity index (χ1n) is 6.86. The molecule has 0 aliphatic carbocycles. The van der Waals surface area contributed by atoms with E-state index in [2.05, 4.69) is 15.7 Å². The van der Waals surface area contributed by atoms with Crippen LogP contribution in [0, 0.1) is 5.92 Å². The van der Waals surface area contributed by atoms with E-state index in [1.165, 1.54) is 0 Å². The highest BCUT2D eigenvalue weighted by molar-refractivity contribution is 5.85. The Morgan fingerprint density at radius 2 is 2.14 bits per heavy atom. The Morgan fingerprint density at radius 1 is 1.38 bits per heavy atom. The molecule has 1 aromatic heterocycles. The van der Waals surface area contributed by atoms with E-state index >= 15 is 0 Å². The number of carbonyl (C=O) groups is 1. The van der Waals surface area contributed by atoms with Crippen molar-refractivity contribution in [3.63, 3.8) is 0 Å². The molecule has 1 aliphatic rings. The number of nitrogens with one attached hydrogen (secondary N) is 2. The van der Waals surface area contributed by atoms with Gasteiger partial charge in [-0.1, -0.05) is 18.2 Å². The van der Waals surface area contributed by atoms with Crippen molar-refractivity contribution >= 4 is 18.3 Å². The van der Waals surface area contributed by atoms with Gasteiger partial charge in [0.1, 0.15) is 0 Å². The van der Waals surface area contributed by atoms with E-state index in [-0.39, 0.29) is 30.3 Å². The molecule has 0 saturated carbocycles. The number of hydrogen-bond acceptors (Lipinski definition) is 3. The zero-order valence-corrected chi connectivity index (χ0v) is 12.6. The van der Waals surface area contributed by atoms with Crippen LogP contribution in [0.25, 0.3) is 5.69 Å². The molecule has 21 heavy (non-hydrogen) atoms. The number of carbonyl (C=O) groups excluding carboxylic acids is 1. The molecule has 2 N–H and O–H groups in total. The van der Waals surface area contributed by atoms with E-state index in [9.17, 15) is 4.79 Å². The summed E-state index contributed by atoms with van der Waals surface area (Å²) in [5.41, 5.74) is 2.06. The maximum Gasteiger partial charge on any atom is 0.226 e. The molecule has 1 fully saturated rings. The molecule has 0 radical (unpaired) electrons. The van der Waals surface area contributed by atoms with Gasteiger partial charge in [0, 0.05) is 25.5 Å². The maximum absolute atomic E-state index is 12.0. The van der Waals surface area contributed by atoms with Gasteiger partial charge in [0.15, 0.2) is 0 Å². The van der Waals surface area contributed by atoms with Gasteiger partial charge in [-0.15, -0.1) is 12.4 Å². The van der Waals surface area contributed by atoms with E-state index in [4.69, 9.17) is 0 Å². The van der Waals surface area contributed by atoms with Gasteiger partial charge in [0.05, 0.1) is 17.6 Å². The molecule has 5 nitrogen and oxygen atoms in total. The van der Waals surface area contributed by atoms with Gasteiger partial charge in [-0.05, 0) is 24.6 Å². The van der Waals surface area contributed by atoms with Crippen LogP contribution in [-0.2, 0) is 4.79 Å². The normalized spacial score (nSPS) is 15.7. The average molecular weight is 307 g/mol. The van der Waals surface area contributed by atoms with Crippen molar-refractivity contribution in [1.82, 2.24) is 20.4 Å². The highest BCUT2D eigenvalue weighted by Gasteiger charge is 2.26. The molecule has 1 atom stereocenters. The monoisotopic (exact) mass is 306 g/mol. The van der Waals surface area contributed by atoms with E-state index in [1.807, 2.05) is 48.1 Å². The Balaban J connectivity index is 0.00000161. The van der Waals surface area contributed by atoms with E-state index in [1.54, 1.807) is 6.20 Å². The third-order valence-corrected chi connectivity index (χ3v) is 3.67. The highest BCUT2D eigenvalue weighted by atomic mass is 35.5. The highest BCUT2D eigenvalue weighted by Crippen LogP contribution is 2.21. The third-order valence-electron chi connectivity index (χ3n) is 3.67. The molecule has 0 bridgehead atoms. The number of aromatic nitrogens is 2. The molecular weight excluding hydrogens is 288 g/mol. The van der Waals surface area contributed by atoms with Gasteiger partial charge >= 0.3 is 0 Å². The molecule has 3 rings (SSSR count). The largest absolute Gasteiger partial charge is 0.349 e. The summed E-state index contributed by atoms with van der Waals surface area (Å²) in [7, 11) is 0. The summed E-state index contributed by atoms with van der Waals surface area (Å²) in [4.78, 5) is 12.0. The Bertz CT molecular complexity index is 595. The molecule has 1 saturated heterocycles. The zero-order valence-electron chi connectivity index (χ0n) is 11.8. The fourth-order valence-corrected chi connectivity index (χ4v) is 2.36. The SMILES string of the molecule is CC(NC(=O)C1CNC1)c1ccccc1-n1cccn1.Cl. The fraction of sp³-hybridized carbons (Fsp3) is 0.333. The molecular formula is C15H19ClN4O. The summed E-state index contributed by atoms with van der Waals surface area (Å²) in [6.07, 6.45) is 3.66. The van der Waals surface area contributed by atoms with E-state index in [0.29, 0.717) is 0 Å². The topological polar surface area (TPSA) is 59.0 Å². The number of amides is 1.